The molecule has 0 amide bonds. The maximum absolute atomic E-state index is 8.37. The number of hydrogen-bond acceptors (Lipinski definition) is 2. The van der Waals surface area contributed by atoms with Gasteiger partial charge in [-0.2, -0.15) is 10.4 Å². The van der Waals surface area contributed by atoms with Crippen molar-refractivity contribution in [3.8, 4) is 6.07 Å². The molecule has 0 unspecified atom stereocenters. The summed E-state index contributed by atoms with van der Waals surface area (Å²) in [5.74, 6) is 0. The van der Waals surface area contributed by atoms with Gasteiger partial charge in [0.15, 0.2) is 0 Å². The standard InChI is InChI=1S/C8H11N3/c1-2-5-11-7-8(3-4-9)6-10-11/h6-7H,2-3,5H2,1H3. The van der Waals surface area contributed by atoms with Crippen LogP contribution in [0.2, 0.25) is 0 Å². The fourth-order valence-electron chi connectivity index (χ4n) is 0.940. The van der Waals surface area contributed by atoms with Crippen LogP contribution in [-0.2, 0) is 13.0 Å². The molecule has 0 fully saturated rings. The maximum Gasteiger partial charge on any atom is 0.0670 e. The summed E-state index contributed by atoms with van der Waals surface area (Å²) in [5.41, 5.74) is 1.00. The first kappa shape index (κ1) is 7.80. The van der Waals surface area contributed by atoms with Gasteiger partial charge in [0.2, 0.25) is 0 Å². The molecular formula is C8H11N3. The molecule has 1 aromatic rings. The molecule has 3 nitrogen and oxygen atoms in total. The molecule has 1 aromatic heterocycles. The Morgan fingerprint density at radius 2 is 2.55 bits per heavy atom. The molecule has 0 N–H and O–H groups in total. The zero-order chi connectivity index (χ0) is 8.10. The first-order valence-electron chi connectivity index (χ1n) is 3.75. The fraction of sp³-hybridized carbons (Fsp3) is 0.500. The van der Waals surface area contributed by atoms with Crippen molar-refractivity contribution in [3.05, 3.63) is 18.0 Å². The minimum Gasteiger partial charge on any atom is -0.272 e. The van der Waals surface area contributed by atoms with Gasteiger partial charge in [0, 0.05) is 18.3 Å². The van der Waals surface area contributed by atoms with Crippen LogP contribution in [0.5, 0.6) is 0 Å². The Labute approximate surface area is 66.3 Å². The van der Waals surface area contributed by atoms with E-state index in [2.05, 4.69) is 18.1 Å². The van der Waals surface area contributed by atoms with Gasteiger partial charge in [-0.05, 0) is 6.42 Å². The Hall–Kier alpha value is -1.30. The average Bonchev–Trinajstić information content (AvgIpc) is 2.38. The smallest absolute Gasteiger partial charge is 0.0670 e. The Kier molecular flexibility index (Phi) is 2.67. The van der Waals surface area contributed by atoms with Crippen LogP contribution in [0, 0.1) is 11.3 Å². The Balaban J connectivity index is 2.60. The zero-order valence-electron chi connectivity index (χ0n) is 6.62. The number of rotatable bonds is 3. The van der Waals surface area contributed by atoms with Gasteiger partial charge in [-0.25, -0.2) is 0 Å². The molecule has 0 aromatic carbocycles. The van der Waals surface area contributed by atoms with Gasteiger partial charge in [-0.15, -0.1) is 0 Å². The van der Waals surface area contributed by atoms with Gasteiger partial charge in [-0.3, -0.25) is 4.68 Å². The van der Waals surface area contributed by atoms with Gasteiger partial charge in [0.05, 0.1) is 18.7 Å². The lowest BCUT2D eigenvalue weighted by atomic mass is 10.3. The highest BCUT2D eigenvalue weighted by atomic mass is 15.3. The largest absolute Gasteiger partial charge is 0.272 e. The lowest BCUT2D eigenvalue weighted by Crippen LogP contribution is -1.95. The molecule has 11 heavy (non-hydrogen) atoms. The minimum absolute atomic E-state index is 0.462. The van der Waals surface area contributed by atoms with E-state index < -0.39 is 0 Å². The third kappa shape index (κ3) is 2.08. The van der Waals surface area contributed by atoms with E-state index in [-0.39, 0.29) is 0 Å². The Morgan fingerprint density at radius 1 is 1.73 bits per heavy atom. The van der Waals surface area contributed by atoms with E-state index in [0.29, 0.717) is 6.42 Å². The van der Waals surface area contributed by atoms with E-state index in [0.717, 1.165) is 18.5 Å². The van der Waals surface area contributed by atoms with E-state index in [1.807, 2.05) is 10.9 Å². The summed E-state index contributed by atoms with van der Waals surface area (Å²) in [6.45, 7) is 3.04. The second-order valence-electron chi connectivity index (χ2n) is 2.45. The molecule has 0 radical (unpaired) electrons. The molecule has 0 spiro atoms. The predicted octanol–water partition coefficient (Wildman–Crippen LogP) is 1.36. The molecule has 0 aliphatic carbocycles. The van der Waals surface area contributed by atoms with Gasteiger partial charge in [-0.1, -0.05) is 6.92 Å². The van der Waals surface area contributed by atoms with E-state index in [1.54, 1.807) is 6.20 Å². The summed E-state index contributed by atoms with van der Waals surface area (Å²) in [7, 11) is 0. The Morgan fingerprint density at radius 3 is 3.18 bits per heavy atom. The van der Waals surface area contributed by atoms with Gasteiger partial charge in [0.25, 0.3) is 0 Å². The van der Waals surface area contributed by atoms with Gasteiger partial charge in [0.1, 0.15) is 0 Å². The SMILES string of the molecule is CCCn1cc(CC#N)cn1. The normalized spacial score (nSPS) is 9.45. The monoisotopic (exact) mass is 149 g/mol. The molecule has 0 aliphatic rings. The first-order chi connectivity index (χ1) is 5.36. The molecule has 0 aliphatic heterocycles. The molecule has 58 valence electrons. The molecule has 0 bridgehead atoms. The van der Waals surface area contributed by atoms with Gasteiger partial charge >= 0.3 is 0 Å². The summed E-state index contributed by atoms with van der Waals surface area (Å²) in [5, 5.41) is 12.5. The molecule has 3 heteroatoms. The van der Waals surface area contributed by atoms with Crippen molar-refractivity contribution < 1.29 is 0 Å². The summed E-state index contributed by atoms with van der Waals surface area (Å²) < 4.78 is 1.87. The molecule has 0 saturated heterocycles. The van der Waals surface area contributed by atoms with Crippen molar-refractivity contribution in [2.24, 2.45) is 0 Å². The van der Waals surface area contributed by atoms with E-state index in [9.17, 15) is 0 Å². The molecule has 0 saturated carbocycles. The van der Waals surface area contributed by atoms with Crippen LogP contribution in [0.15, 0.2) is 12.4 Å². The summed E-state index contributed by atoms with van der Waals surface area (Å²) in [4.78, 5) is 0. The summed E-state index contributed by atoms with van der Waals surface area (Å²) in [6.07, 6.45) is 5.21. The van der Waals surface area contributed by atoms with Crippen LogP contribution in [0.4, 0.5) is 0 Å². The molecule has 0 atom stereocenters. The second-order valence-corrected chi connectivity index (χ2v) is 2.45. The van der Waals surface area contributed by atoms with Crippen LogP contribution in [0.1, 0.15) is 18.9 Å². The van der Waals surface area contributed by atoms with Crippen LogP contribution in [0.3, 0.4) is 0 Å². The second kappa shape index (κ2) is 3.77. The van der Waals surface area contributed by atoms with E-state index >= 15 is 0 Å². The maximum atomic E-state index is 8.37. The molecule has 1 heterocycles. The number of nitrogens with zero attached hydrogens (tertiary/aromatic N) is 3. The number of hydrogen-bond donors (Lipinski definition) is 0. The highest BCUT2D eigenvalue weighted by Crippen LogP contribution is 1.98. The van der Waals surface area contributed by atoms with Crippen molar-refractivity contribution in [2.45, 2.75) is 26.3 Å². The highest BCUT2D eigenvalue weighted by Gasteiger charge is 1.95. The quantitative estimate of drug-likeness (QED) is 0.651. The number of nitriles is 1. The number of aromatic nitrogens is 2. The number of aryl methyl sites for hydroxylation is 1. The molecule has 1 rings (SSSR count). The van der Waals surface area contributed by atoms with Crippen LogP contribution in [-0.4, -0.2) is 9.78 Å². The Bertz CT molecular complexity index is 257. The topological polar surface area (TPSA) is 41.6 Å². The van der Waals surface area contributed by atoms with Crippen LogP contribution >= 0.6 is 0 Å². The van der Waals surface area contributed by atoms with Crippen molar-refractivity contribution in [1.29, 1.82) is 5.26 Å². The van der Waals surface area contributed by atoms with Crippen molar-refractivity contribution in [3.63, 3.8) is 0 Å². The zero-order valence-corrected chi connectivity index (χ0v) is 6.62. The van der Waals surface area contributed by atoms with Crippen molar-refractivity contribution >= 4 is 0 Å². The predicted molar refractivity (Wildman–Crippen MR) is 41.8 cm³/mol. The summed E-state index contributed by atoms with van der Waals surface area (Å²) >= 11 is 0. The average molecular weight is 149 g/mol. The van der Waals surface area contributed by atoms with Crippen molar-refractivity contribution in [2.75, 3.05) is 0 Å². The third-order valence-corrected chi connectivity index (χ3v) is 1.42. The first-order valence-corrected chi connectivity index (χ1v) is 3.75. The van der Waals surface area contributed by atoms with Crippen LogP contribution in [0.25, 0.3) is 0 Å². The lowest BCUT2D eigenvalue weighted by molar-refractivity contribution is 0.602. The summed E-state index contributed by atoms with van der Waals surface area (Å²) in [6, 6.07) is 2.09. The lowest BCUT2D eigenvalue weighted by Gasteiger charge is -1.93. The highest BCUT2D eigenvalue weighted by molar-refractivity contribution is 5.09. The molecular weight excluding hydrogens is 138 g/mol. The van der Waals surface area contributed by atoms with E-state index in [1.165, 1.54) is 0 Å². The minimum atomic E-state index is 0.462. The van der Waals surface area contributed by atoms with Gasteiger partial charge < -0.3 is 0 Å². The van der Waals surface area contributed by atoms with E-state index in [4.69, 9.17) is 5.26 Å². The van der Waals surface area contributed by atoms with Crippen molar-refractivity contribution in [1.82, 2.24) is 9.78 Å². The van der Waals surface area contributed by atoms with Crippen LogP contribution < -0.4 is 0 Å². The third-order valence-electron chi connectivity index (χ3n) is 1.42. The fourth-order valence-corrected chi connectivity index (χ4v) is 0.940.